The lowest BCUT2D eigenvalue weighted by molar-refractivity contribution is -0.114. The SMILES string of the molecule is CC(=O)Nc1ccc(Cc2nc(-c3ccc(NS(=O)(=O)c4ccc(C)cc4)cc3)no2)cc1. The van der Waals surface area contributed by atoms with Crippen LogP contribution in [0.25, 0.3) is 11.4 Å². The number of nitrogens with zero attached hydrogens (tertiary/aromatic N) is 2. The third kappa shape index (κ3) is 5.64. The molecule has 9 heteroatoms. The number of carbonyl (C=O) groups excluding carboxylic acids is 1. The molecule has 0 fully saturated rings. The monoisotopic (exact) mass is 462 g/mol. The van der Waals surface area contributed by atoms with E-state index in [1.54, 1.807) is 48.5 Å². The number of sulfonamides is 1. The predicted octanol–water partition coefficient (Wildman–Crippen LogP) is 4.40. The van der Waals surface area contributed by atoms with E-state index in [1.165, 1.54) is 6.92 Å². The first-order chi connectivity index (χ1) is 15.8. The van der Waals surface area contributed by atoms with E-state index in [0.717, 1.165) is 16.8 Å². The minimum absolute atomic E-state index is 0.127. The van der Waals surface area contributed by atoms with Gasteiger partial charge in [-0.3, -0.25) is 9.52 Å². The summed E-state index contributed by atoms with van der Waals surface area (Å²) < 4.78 is 33.0. The highest BCUT2D eigenvalue weighted by Crippen LogP contribution is 2.22. The van der Waals surface area contributed by atoms with E-state index >= 15 is 0 Å². The first kappa shape index (κ1) is 22.2. The molecule has 0 aliphatic heterocycles. The highest BCUT2D eigenvalue weighted by Gasteiger charge is 2.15. The molecule has 8 nitrogen and oxygen atoms in total. The van der Waals surface area contributed by atoms with Gasteiger partial charge in [-0.2, -0.15) is 4.98 Å². The van der Waals surface area contributed by atoms with Crippen molar-refractivity contribution in [1.82, 2.24) is 10.1 Å². The fraction of sp³-hybridized carbons (Fsp3) is 0.125. The Balaban J connectivity index is 1.42. The molecule has 0 unspecified atom stereocenters. The van der Waals surface area contributed by atoms with E-state index in [2.05, 4.69) is 20.2 Å². The Morgan fingerprint density at radius 1 is 0.909 bits per heavy atom. The summed E-state index contributed by atoms with van der Waals surface area (Å²) in [6.45, 7) is 3.36. The molecule has 168 valence electrons. The van der Waals surface area contributed by atoms with Crippen LogP contribution < -0.4 is 10.0 Å². The number of rotatable bonds is 7. The normalized spacial score (nSPS) is 11.2. The molecule has 0 aliphatic carbocycles. The van der Waals surface area contributed by atoms with Gasteiger partial charge in [-0.25, -0.2) is 8.42 Å². The summed E-state index contributed by atoms with van der Waals surface area (Å²) in [5, 5.41) is 6.74. The van der Waals surface area contributed by atoms with Crippen LogP contribution in [0.4, 0.5) is 11.4 Å². The van der Waals surface area contributed by atoms with Crippen LogP contribution in [0.1, 0.15) is 23.9 Å². The number of hydrogen-bond donors (Lipinski definition) is 2. The molecular weight excluding hydrogens is 440 g/mol. The van der Waals surface area contributed by atoms with Gasteiger partial charge < -0.3 is 9.84 Å². The molecule has 1 aromatic heterocycles. The van der Waals surface area contributed by atoms with Crippen molar-refractivity contribution in [2.24, 2.45) is 0 Å². The largest absolute Gasteiger partial charge is 0.339 e. The molecule has 1 heterocycles. The Hall–Kier alpha value is -3.98. The molecule has 4 rings (SSSR count). The highest BCUT2D eigenvalue weighted by molar-refractivity contribution is 7.92. The molecule has 0 radical (unpaired) electrons. The number of hydrogen-bond acceptors (Lipinski definition) is 6. The Morgan fingerprint density at radius 3 is 2.18 bits per heavy atom. The number of carbonyl (C=O) groups is 1. The summed E-state index contributed by atoms with van der Waals surface area (Å²) in [7, 11) is -3.67. The lowest BCUT2D eigenvalue weighted by Crippen LogP contribution is -2.12. The van der Waals surface area contributed by atoms with Gasteiger partial charge in [0.2, 0.25) is 17.6 Å². The van der Waals surface area contributed by atoms with E-state index in [0.29, 0.717) is 29.4 Å². The minimum atomic E-state index is -3.67. The van der Waals surface area contributed by atoms with E-state index in [4.69, 9.17) is 4.52 Å². The van der Waals surface area contributed by atoms with Gasteiger partial charge in [-0.15, -0.1) is 0 Å². The molecule has 0 aliphatic rings. The van der Waals surface area contributed by atoms with Crippen LogP contribution in [0.3, 0.4) is 0 Å². The Morgan fingerprint density at radius 2 is 1.55 bits per heavy atom. The van der Waals surface area contributed by atoms with Crippen molar-refractivity contribution in [3.8, 4) is 11.4 Å². The maximum absolute atomic E-state index is 12.5. The predicted molar refractivity (Wildman–Crippen MR) is 125 cm³/mol. The zero-order chi connectivity index (χ0) is 23.4. The van der Waals surface area contributed by atoms with Gasteiger partial charge in [0.1, 0.15) is 0 Å². The van der Waals surface area contributed by atoms with Gasteiger partial charge in [0.05, 0.1) is 11.3 Å². The van der Waals surface area contributed by atoms with Crippen LogP contribution in [-0.4, -0.2) is 24.5 Å². The first-order valence-electron chi connectivity index (χ1n) is 10.2. The van der Waals surface area contributed by atoms with Gasteiger partial charge in [-0.05, 0) is 61.0 Å². The summed E-state index contributed by atoms with van der Waals surface area (Å²) in [5.41, 5.74) is 3.79. The van der Waals surface area contributed by atoms with E-state index in [-0.39, 0.29) is 10.8 Å². The number of benzene rings is 3. The van der Waals surface area contributed by atoms with Crippen molar-refractivity contribution in [2.45, 2.75) is 25.2 Å². The molecule has 0 bridgehead atoms. The summed E-state index contributed by atoms with van der Waals surface area (Å²) in [5.74, 6) is 0.729. The van der Waals surface area contributed by atoms with E-state index in [1.807, 2.05) is 31.2 Å². The molecule has 4 aromatic rings. The zero-order valence-corrected chi connectivity index (χ0v) is 18.9. The van der Waals surface area contributed by atoms with Crippen LogP contribution in [0.15, 0.2) is 82.2 Å². The van der Waals surface area contributed by atoms with Crippen molar-refractivity contribution in [2.75, 3.05) is 10.0 Å². The molecule has 0 spiro atoms. The van der Waals surface area contributed by atoms with Crippen LogP contribution >= 0.6 is 0 Å². The molecule has 1 amide bonds. The second-order valence-corrected chi connectivity index (χ2v) is 9.24. The van der Waals surface area contributed by atoms with Crippen molar-refractivity contribution in [1.29, 1.82) is 0 Å². The Labute approximate surface area is 191 Å². The first-order valence-corrected chi connectivity index (χ1v) is 11.7. The van der Waals surface area contributed by atoms with Crippen LogP contribution in [0.2, 0.25) is 0 Å². The molecule has 3 aromatic carbocycles. The zero-order valence-electron chi connectivity index (χ0n) is 18.1. The quantitative estimate of drug-likeness (QED) is 0.421. The second-order valence-electron chi connectivity index (χ2n) is 7.56. The van der Waals surface area contributed by atoms with Gasteiger partial charge in [-0.1, -0.05) is 35.0 Å². The molecule has 2 N–H and O–H groups in total. The summed E-state index contributed by atoms with van der Waals surface area (Å²) >= 11 is 0. The minimum Gasteiger partial charge on any atom is -0.339 e. The van der Waals surface area contributed by atoms with E-state index < -0.39 is 10.0 Å². The topological polar surface area (TPSA) is 114 Å². The fourth-order valence-corrected chi connectivity index (χ4v) is 4.21. The van der Waals surface area contributed by atoms with Gasteiger partial charge >= 0.3 is 0 Å². The van der Waals surface area contributed by atoms with Gasteiger partial charge in [0.25, 0.3) is 10.0 Å². The average Bonchev–Trinajstić information content (AvgIpc) is 3.24. The van der Waals surface area contributed by atoms with Crippen LogP contribution in [-0.2, 0) is 21.2 Å². The molecule has 0 saturated carbocycles. The smallest absolute Gasteiger partial charge is 0.261 e. The van der Waals surface area contributed by atoms with Crippen molar-refractivity contribution < 1.29 is 17.7 Å². The average molecular weight is 463 g/mol. The summed E-state index contributed by atoms with van der Waals surface area (Å²) in [4.78, 5) is 15.7. The third-order valence-electron chi connectivity index (χ3n) is 4.82. The number of nitrogens with one attached hydrogen (secondary N) is 2. The highest BCUT2D eigenvalue weighted by atomic mass is 32.2. The van der Waals surface area contributed by atoms with Gasteiger partial charge in [0.15, 0.2) is 0 Å². The third-order valence-corrected chi connectivity index (χ3v) is 6.22. The maximum atomic E-state index is 12.5. The lowest BCUT2D eigenvalue weighted by Gasteiger charge is -2.08. The maximum Gasteiger partial charge on any atom is 0.261 e. The number of anilines is 2. The summed E-state index contributed by atoms with van der Waals surface area (Å²) in [6, 6.07) is 20.8. The van der Waals surface area contributed by atoms with Crippen molar-refractivity contribution in [3.05, 3.63) is 89.8 Å². The second kappa shape index (κ2) is 9.25. The lowest BCUT2D eigenvalue weighted by atomic mass is 10.1. The molecule has 0 atom stereocenters. The van der Waals surface area contributed by atoms with Crippen molar-refractivity contribution >= 4 is 27.3 Å². The number of aromatic nitrogens is 2. The number of aryl methyl sites for hydroxylation is 1. The van der Waals surface area contributed by atoms with Crippen LogP contribution in [0, 0.1) is 6.92 Å². The molecule has 33 heavy (non-hydrogen) atoms. The number of amides is 1. The fourth-order valence-electron chi connectivity index (χ4n) is 3.15. The molecule has 0 saturated heterocycles. The van der Waals surface area contributed by atoms with Crippen LogP contribution in [0.5, 0.6) is 0 Å². The summed E-state index contributed by atoms with van der Waals surface area (Å²) in [6.07, 6.45) is 0.446. The van der Waals surface area contributed by atoms with Gasteiger partial charge in [0, 0.05) is 23.9 Å². The van der Waals surface area contributed by atoms with E-state index in [9.17, 15) is 13.2 Å². The Kier molecular flexibility index (Phi) is 6.23. The molecular formula is C24H22N4O4S. The van der Waals surface area contributed by atoms with Crippen molar-refractivity contribution in [3.63, 3.8) is 0 Å². The Bertz CT molecular complexity index is 1360. The standard InChI is InChI=1S/C24H22N4O4S/c1-16-3-13-22(14-4-16)33(30,31)28-21-11-7-19(8-12-21)24-26-23(32-27-24)15-18-5-9-20(10-6-18)25-17(2)29/h3-14,28H,15H2,1-2H3,(H,25,29).